The number of thiazole rings is 1. The summed E-state index contributed by atoms with van der Waals surface area (Å²) >= 11 is 1.38. The van der Waals surface area contributed by atoms with Gasteiger partial charge in [0, 0.05) is 25.5 Å². The van der Waals surface area contributed by atoms with Crippen LogP contribution in [0.4, 0.5) is 5.13 Å². The van der Waals surface area contributed by atoms with Gasteiger partial charge < -0.3 is 9.64 Å². The van der Waals surface area contributed by atoms with Gasteiger partial charge in [0.1, 0.15) is 16.3 Å². The molecule has 3 rings (SSSR count). The number of hydrogen-bond acceptors (Lipinski definition) is 7. The summed E-state index contributed by atoms with van der Waals surface area (Å²) in [6.45, 7) is 4.10. The van der Waals surface area contributed by atoms with Crippen LogP contribution in [0.2, 0.25) is 0 Å². The zero-order chi connectivity index (χ0) is 15.4. The van der Waals surface area contributed by atoms with E-state index in [0.717, 1.165) is 31.1 Å². The molecule has 0 spiro atoms. The van der Waals surface area contributed by atoms with Crippen molar-refractivity contribution < 1.29 is 9.53 Å². The van der Waals surface area contributed by atoms with E-state index in [1.54, 1.807) is 25.5 Å². The summed E-state index contributed by atoms with van der Waals surface area (Å²) in [4.78, 5) is 27.9. The van der Waals surface area contributed by atoms with Crippen LogP contribution in [0.25, 0.3) is 11.4 Å². The molecule has 3 heterocycles. The van der Waals surface area contributed by atoms with Gasteiger partial charge in [0.2, 0.25) is 0 Å². The number of piperidine rings is 1. The lowest BCUT2D eigenvalue weighted by atomic mass is 10.1. The molecule has 6 nitrogen and oxygen atoms in total. The molecule has 0 bridgehead atoms. The van der Waals surface area contributed by atoms with Crippen LogP contribution in [-0.4, -0.2) is 40.6 Å². The van der Waals surface area contributed by atoms with Gasteiger partial charge in [0.05, 0.1) is 12.8 Å². The molecule has 7 heteroatoms. The predicted octanol–water partition coefficient (Wildman–Crippen LogP) is 2.77. The van der Waals surface area contributed by atoms with E-state index in [0.29, 0.717) is 22.9 Å². The number of ether oxygens (including phenoxy) is 1. The molecule has 0 aliphatic carbocycles. The second-order valence-electron chi connectivity index (χ2n) is 5.03. The minimum absolute atomic E-state index is 0.343. The highest BCUT2D eigenvalue weighted by Crippen LogP contribution is 2.33. The first-order valence-electron chi connectivity index (χ1n) is 7.49. The Morgan fingerprint density at radius 3 is 2.82 bits per heavy atom. The van der Waals surface area contributed by atoms with E-state index in [2.05, 4.69) is 19.9 Å². The third-order valence-corrected chi connectivity index (χ3v) is 4.61. The van der Waals surface area contributed by atoms with E-state index >= 15 is 0 Å². The Kier molecular flexibility index (Phi) is 4.62. The molecule has 1 saturated heterocycles. The van der Waals surface area contributed by atoms with Gasteiger partial charge in [-0.05, 0) is 26.2 Å². The van der Waals surface area contributed by atoms with E-state index in [9.17, 15) is 4.79 Å². The Hall–Kier alpha value is -2.02. The first-order chi connectivity index (χ1) is 10.8. The summed E-state index contributed by atoms with van der Waals surface area (Å²) in [5, 5.41) is 0.864. The Morgan fingerprint density at radius 1 is 1.32 bits per heavy atom. The maximum Gasteiger partial charge on any atom is 0.350 e. The van der Waals surface area contributed by atoms with Gasteiger partial charge in [-0.1, -0.05) is 11.3 Å². The first-order valence-corrected chi connectivity index (χ1v) is 8.30. The van der Waals surface area contributed by atoms with E-state index in [-0.39, 0.29) is 5.97 Å². The average molecular weight is 318 g/mol. The fraction of sp³-hybridized carbons (Fsp3) is 0.467. The van der Waals surface area contributed by atoms with Gasteiger partial charge in [0.15, 0.2) is 5.13 Å². The number of anilines is 1. The largest absolute Gasteiger partial charge is 0.462 e. The molecule has 2 aromatic rings. The molecule has 1 aliphatic heterocycles. The SMILES string of the molecule is CCOC(=O)c1sc(N2CCCCC2)nc1-c1cnccn1. The molecular formula is C15H18N4O2S. The lowest BCUT2D eigenvalue weighted by molar-refractivity contribution is 0.0532. The minimum Gasteiger partial charge on any atom is -0.462 e. The van der Waals surface area contributed by atoms with Gasteiger partial charge in [-0.2, -0.15) is 0 Å². The minimum atomic E-state index is -0.344. The van der Waals surface area contributed by atoms with Crippen LogP contribution in [0, 0.1) is 0 Å². The highest BCUT2D eigenvalue weighted by molar-refractivity contribution is 7.17. The van der Waals surface area contributed by atoms with E-state index < -0.39 is 0 Å². The van der Waals surface area contributed by atoms with Crippen LogP contribution < -0.4 is 4.90 Å². The molecule has 0 aromatic carbocycles. The molecule has 0 unspecified atom stereocenters. The van der Waals surface area contributed by atoms with Crippen molar-refractivity contribution in [2.24, 2.45) is 0 Å². The van der Waals surface area contributed by atoms with Gasteiger partial charge in [-0.3, -0.25) is 9.97 Å². The third kappa shape index (κ3) is 3.09. The number of hydrogen-bond donors (Lipinski definition) is 0. The fourth-order valence-corrected chi connectivity index (χ4v) is 3.48. The second-order valence-corrected chi connectivity index (χ2v) is 6.01. The molecule has 0 saturated carbocycles. The molecule has 0 radical (unpaired) electrons. The number of nitrogens with zero attached hydrogens (tertiary/aromatic N) is 4. The summed E-state index contributed by atoms with van der Waals surface area (Å²) in [6, 6.07) is 0. The summed E-state index contributed by atoms with van der Waals surface area (Å²) in [6.07, 6.45) is 8.40. The summed E-state index contributed by atoms with van der Waals surface area (Å²) in [7, 11) is 0. The van der Waals surface area contributed by atoms with Crippen molar-refractivity contribution in [1.29, 1.82) is 0 Å². The zero-order valence-electron chi connectivity index (χ0n) is 12.5. The lowest BCUT2D eigenvalue weighted by Crippen LogP contribution is -2.29. The highest BCUT2D eigenvalue weighted by Gasteiger charge is 2.24. The highest BCUT2D eigenvalue weighted by atomic mass is 32.1. The van der Waals surface area contributed by atoms with Crippen molar-refractivity contribution in [1.82, 2.24) is 15.0 Å². The average Bonchev–Trinajstić information content (AvgIpc) is 3.02. The van der Waals surface area contributed by atoms with E-state index in [4.69, 9.17) is 4.74 Å². The van der Waals surface area contributed by atoms with Crippen LogP contribution >= 0.6 is 11.3 Å². The summed E-state index contributed by atoms with van der Waals surface area (Å²) in [5.74, 6) is -0.344. The van der Waals surface area contributed by atoms with Crippen molar-refractivity contribution in [2.45, 2.75) is 26.2 Å². The number of carbonyl (C=O) groups excluding carboxylic acids is 1. The molecule has 1 aliphatic rings. The Labute approximate surface area is 133 Å². The first kappa shape index (κ1) is 14.9. The quantitative estimate of drug-likeness (QED) is 0.808. The molecule has 22 heavy (non-hydrogen) atoms. The zero-order valence-corrected chi connectivity index (χ0v) is 13.3. The normalized spacial score (nSPS) is 14.9. The molecule has 116 valence electrons. The molecule has 0 N–H and O–H groups in total. The number of esters is 1. The number of aromatic nitrogens is 3. The van der Waals surface area contributed by atoms with E-state index in [1.165, 1.54) is 17.8 Å². The molecule has 2 aromatic heterocycles. The van der Waals surface area contributed by atoms with Crippen molar-refractivity contribution in [3.8, 4) is 11.4 Å². The van der Waals surface area contributed by atoms with Gasteiger partial charge in [-0.15, -0.1) is 0 Å². The predicted molar refractivity (Wildman–Crippen MR) is 85.2 cm³/mol. The van der Waals surface area contributed by atoms with Gasteiger partial charge >= 0.3 is 5.97 Å². The van der Waals surface area contributed by atoms with Crippen molar-refractivity contribution in [3.05, 3.63) is 23.5 Å². The lowest BCUT2D eigenvalue weighted by Gasteiger charge is -2.25. The van der Waals surface area contributed by atoms with Crippen molar-refractivity contribution >= 4 is 22.4 Å². The molecule has 0 atom stereocenters. The topological polar surface area (TPSA) is 68.2 Å². The molecular weight excluding hydrogens is 300 g/mol. The van der Waals surface area contributed by atoms with Crippen LogP contribution in [0.15, 0.2) is 18.6 Å². The maximum atomic E-state index is 12.2. The third-order valence-electron chi connectivity index (χ3n) is 3.51. The summed E-state index contributed by atoms with van der Waals surface area (Å²) in [5.41, 5.74) is 1.17. The van der Waals surface area contributed by atoms with Crippen LogP contribution in [0.1, 0.15) is 35.9 Å². The Morgan fingerprint density at radius 2 is 2.14 bits per heavy atom. The maximum absolute atomic E-state index is 12.2. The Balaban J connectivity index is 1.98. The monoisotopic (exact) mass is 318 g/mol. The van der Waals surface area contributed by atoms with Crippen molar-refractivity contribution in [3.63, 3.8) is 0 Å². The number of rotatable bonds is 4. The molecule has 0 amide bonds. The smallest absolute Gasteiger partial charge is 0.350 e. The Bertz CT molecular complexity index is 638. The van der Waals surface area contributed by atoms with Crippen LogP contribution in [0.5, 0.6) is 0 Å². The second kappa shape index (κ2) is 6.83. The van der Waals surface area contributed by atoms with Gasteiger partial charge in [0.25, 0.3) is 0 Å². The standard InChI is InChI=1S/C15H18N4O2S/c1-2-21-14(20)13-12(11-10-16-6-7-17-11)18-15(22-13)19-8-4-3-5-9-19/h6-7,10H,2-5,8-9H2,1H3. The van der Waals surface area contributed by atoms with E-state index in [1.807, 2.05) is 0 Å². The van der Waals surface area contributed by atoms with Crippen molar-refractivity contribution in [2.75, 3.05) is 24.6 Å². The summed E-state index contributed by atoms with van der Waals surface area (Å²) < 4.78 is 5.16. The molecule has 1 fully saturated rings. The van der Waals surface area contributed by atoms with Crippen LogP contribution in [0.3, 0.4) is 0 Å². The number of carbonyl (C=O) groups is 1. The van der Waals surface area contributed by atoms with Gasteiger partial charge in [-0.25, -0.2) is 9.78 Å². The fourth-order valence-electron chi connectivity index (χ4n) is 2.46. The van der Waals surface area contributed by atoms with Crippen LogP contribution in [-0.2, 0) is 4.74 Å².